The topological polar surface area (TPSA) is 39.1 Å². The van der Waals surface area contributed by atoms with Crippen molar-refractivity contribution in [2.45, 2.75) is 73.1 Å². The molecule has 0 aliphatic carbocycles. The smallest absolute Gasteiger partial charge is 0.0779 e. The van der Waals surface area contributed by atoms with Crippen LogP contribution in [0.1, 0.15) is 53.5 Å². The van der Waals surface area contributed by atoms with Crippen LogP contribution >= 0.6 is 0 Å². The van der Waals surface area contributed by atoms with Crippen LogP contribution in [0.3, 0.4) is 0 Å². The highest BCUT2D eigenvalue weighted by atomic mass is 16.5. The summed E-state index contributed by atoms with van der Waals surface area (Å²) >= 11 is 0. The van der Waals surface area contributed by atoms with E-state index in [9.17, 15) is 0 Å². The molecule has 0 saturated carbocycles. The summed E-state index contributed by atoms with van der Waals surface area (Å²) in [7, 11) is 0. The Hall–Kier alpha value is -0.870. The van der Waals surface area contributed by atoms with Crippen molar-refractivity contribution in [3.8, 4) is 0 Å². The predicted octanol–water partition coefficient (Wildman–Crippen LogP) is 3.26. The molecule has 21 heavy (non-hydrogen) atoms. The van der Waals surface area contributed by atoms with Crippen molar-refractivity contribution in [1.82, 2.24) is 15.1 Å². The molecule has 0 aromatic carbocycles. The molecular weight excluding hydrogens is 262 g/mol. The van der Waals surface area contributed by atoms with Gasteiger partial charge in [-0.15, -0.1) is 0 Å². The van der Waals surface area contributed by atoms with Gasteiger partial charge in [0.1, 0.15) is 0 Å². The second-order valence-electron chi connectivity index (χ2n) is 6.71. The third kappa shape index (κ3) is 5.79. The van der Waals surface area contributed by atoms with Crippen molar-refractivity contribution < 1.29 is 4.74 Å². The van der Waals surface area contributed by atoms with E-state index in [1.165, 1.54) is 5.56 Å². The number of ether oxygens (including phenoxy) is 1. The zero-order chi connectivity index (χ0) is 15.9. The highest BCUT2D eigenvalue weighted by Crippen LogP contribution is 2.26. The molecule has 1 heterocycles. The summed E-state index contributed by atoms with van der Waals surface area (Å²) in [4.78, 5) is 0. The lowest BCUT2D eigenvalue weighted by molar-refractivity contribution is -0.0355. The first kappa shape index (κ1) is 18.2. The average molecular weight is 295 g/mol. The van der Waals surface area contributed by atoms with Gasteiger partial charge in [0, 0.05) is 25.4 Å². The van der Waals surface area contributed by atoms with Crippen LogP contribution in [-0.2, 0) is 17.7 Å². The number of aromatic nitrogens is 2. The minimum absolute atomic E-state index is 0.113. The van der Waals surface area contributed by atoms with E-state index in [1.54, 1.807) is 0 Å². The predicted molar refractivity (Wildman–Crippen MR) is 88.6 cm³/mol. The number of hydrogen-bond acceptors (Lipinski definition) is 3. The largest absolute Gasteiger partial charge is 0.376 e. The molecule has 122 valence electrons. The zero-order valence-electron chi connectivity index (χ0n) is 14.6. The molecule has 0 aliphatic heterocycles. The van der Waals surface area contributed by atoms with Crippen molar-refractivity contribution in [2.24, 2.45) is 5.41 Å². The lowest BCUT2D eigenvalue weighted by atomic mass is 9.82. The summed E-state index contributed by atoms with van der Waals surface area (Å²) in [5.74, 6) is 0. The van der Waals surface area contributed by atoms with Crippen LogP contribution in [0.5, 0.6) is 0 Å². The van der Waals surface area contributed by atoms with Gasteiger partial charge in [0.25, 0.3) is 0 Å². The van der Waals surface area contributed by atoms with Gasteiger partial charge in [-0.2, -0.15) is 5.10 Å². The van der Waals surface area contributed by atoms with Crippen molar-refractivity contribution >= 4 is 0 Å². The van der Waals surface area contributed by atoms with Gasteiger partial charge < -0.3 is 10.1 Å². The molecular formula is C17H33N3O. The second-order valence-corrected chi connectivity index (χ2v) is 6.71. The fraction of sp³-hybridized carbons (Fsp3) is 0.824. The van der Waals surface area contributed by atoms with Gasteiger partial charge in [0.15, 0.2) is 0 Å². The Bertz CT molecular complexity index is 395. The van der Waals surface area contributed by atoms with E-state index in [0.717, 1.165) is 32.5 Å². The SMILES string of the molecule is CCCNC(Cc1cnn(CC)c1)C(OCC)C(C)(C)C. The maximum Gasteiger partial charge on any atom is 0.0779 e. The number of nitrogens with one attached hydrogen (secondary N) is 1. The van der Waals surface area contributed by atoms with E-state index in [0.29, 0.717) is 6.04 Å². The molecule has 0 aliphatic rings. The molecule has 0 saturated heterocycles. The quantitative estimate of drug-likeness (QED) is 0.760. The average Bonchev–Trinajstić information content (AvgIpc) is 2.87. The van der Waals surface area contributed by atoms with Gasteiger partial charge in [0.2, 0.25) is 0 Å². The molecule has 0 bridgehead atoms. The number of nitrogens with zero attached hydrogens (tertiary/aromatic N) is 2. The maximum atomic E-state index is 6.08. The van der Waals surface area contributed by atoms with Crippen molar-refractivity contribution in [2.75, 3.05) is 13.2 Å². The highest BCUT2D eigenvalue weighted by molar-refractivity contribution is 5.08. The lowest BCUT2D eigenvalue weighted by Crippen LogP contribution is -2.49. The highest BCUT2D eigenvalue weighted by Gasteiger charge is 2.32. The summed E-state index contributed by atoms with van der Waals surface area (Å²) in [6, 6.07) is 0.319. The Kier molecular flexibility index (Phi) is 7.40. The Balaban J connectivity index is 2.85. The van der Waals surface area contributed by atoms with Crippen LogP contribution in [0.25, 0.3) is 0 Å². The fourth-order valence-electron chi connectivity index (χ4n) is 2.70. The Morgan fingerprint density at radius 3 is 2.48 bits per heavy atom. The van der Waals surface area contributed by atoms with Gasteiger partial charge in [-0.1, -0.05) is 27.7 Å². The summed E-state index contributed by atoms with van der Waals surface area (Å²) in [6.07, 6.45) is 6.41. The van der Waals surface area contributed by atoms with Crippen LogP contribution in [0.15, 0.2) is 12.4 Å². The second kappa shape index (κ2) is 8.54. The molecule has 1 N–H and O–H groups in total. The molecule has 0 fully saturated rings. The maximum absolute atomic E-state index is 6.08. The minimum atomic E-state index is 0.113. The molecule has 4 nitrogen and oxygen atoms in total. The van der Waals surface area contributed by atoms with Crippen LogP contribution in [0.4, 0.5) is 0 Å². The summed E-state index contributed by atoms with van der Waals surface area (Å²) < 4.78 is 8.07. The molecule has 4 heteroatoms. The Morgan fingerprint density at radius 2 is 2.00 bits per heavy atom. The molecule has 0 amide bonds. The first-order valence-corrected chi connectivity index (χ1v) is 8.28. The van der Waals surface area contributed by atoms with E-state index < -0.39 is 0 Å². The van der Waals surface area contributed by atoms with Crippen LogP contribution in [-0.4, -0.2) is 35.1 Å². The van der Waals surface area contributed by atoms with Gasteiger partial charge >= 0.3 is 0 Å². The summed E-state index contributed by atoms with van der Waals surface area (Å²) in [5.41, 5.74) is 1.39. The third-order valence-electron chi connectivity index (χ3n) is 3.69. The van der Waals surface area contributed by atoms with E-state index in [1.807, 2.05) is 10.9 Å². The first-order chi connectivity index (χ1) is 9.92. The third-order valence-corrected chi connectivity index (χ3v) is 3.69. The van der Waals surface area contributed by atoms with Crippen molar-refractivity contribution in [3.63, 3.8) is 0 Å². The number of aryl methyl sites for hydroxylation is 1. The monoisotopic (exact) mass is 295 g/mol. The standard InChI is InChI=1S/C17H33N3O/c1-7-10-18-15(16(21-9-3)17(4,5)6)11-14-12-19-20(8-2)13-14/h12-13,15-16,18H,7-11H2,1-6H3. The first-order valence-electron chi connectivity index (χ1n) is 8.28. The van der Waals surface area contributed by atoms with E-state index >= 15 is 0 Å². The molecule has 1 aromatic rings. The summed E-state index contributed by atoms with van der Waals surface area (Å²) in [6.45, 7) is 15.8. The molecule has 0 radical (unpaired) electrons. The molecule has 2 unspecified atom stereocenters. The van der Waals surface area contributed by atoms with Crippen molar-refractivity contribution in [3.05, 3.63) is 18.0 Å². The molecule has 0 spiro atoms. The fourth-order valence-corrected chi connectivity index (χ4v) is 2.70. The van der Waals surface area contributed by atoms with Gasteiger partial charge in [-0.3, -0.25) is 4.68 Å². The van der Waals surface area contributed by atoms with Crippen LogP contribution in [0, 0.1) is 5.41 Å². The van der Waals surface area contributed by atoms with E-state index in [-0.39, 0.29) is 11.5 Å². The van der Waals surface area contributed by atoms with Crippen molar-refractivity contribution in [1.29, 1.82) is 0 Å². The molecule has 2 atom stereocenters. The minimum Gasteiger partial charge on any atom is -0.376 e. The summed E-state index contributed by atoms with van der Waals surface area (Å²) in [5, 5.41) is 8.06. The normalized spacial score (nSPS) is 15.1. The van der Waals surface area contributed by atoms with E-state index in [2.05, 4.69) is 58.2 Å². The Labute approximate surface area is 130 Å². The van der Waals surface area contributed by atoms with E-state index in [4.69, 9.17) is 4.74 Å². The molecule has 1 rings (SSSR count). The molecule has 1 aromatic heterocycles. The number of hydrogen-bond donors (Lipinski definition) is 1. The van der Waals surface area contributed by atoms with Gasteiger partial charge in [0.05, 0.1) is 12.3 Å². The number of rotatable bonds is 9. The van der Waals surface area contributed by atoms with Crippen LogP contribution < -0.4 is 5.32 Å². The zero-order valence-corrected chi connectivity index (χ0v) is 14.6. The Morgan fingerprint density at radius 1 is 1.29 bits per heavy atom. The van der Waals surface area contributed by atoms with Gasteiger partial charge in [-0.25, -0.2) is 0 Å². The van der Waals surface area contributed by atoms with Crippen LogP contribution in [0.2, 0.25) is 0 Å². The van der Waals surface area contributed by atoms with Gasteiger partial charge in [-0.05, 0) is 44.2 Å². The lowest BCUT2D eigenvalue weighted by Gasteiger charge is -2.37.